The molecule has 1 aliphatic carbocycles. The molecule has 0 spiro atoms. The van der Waals surface area contributed by atoms with E-state index in [0.717, 1.165) is 18.4 Å². The molecule has 1 fully saturated rings. The molecule has 0 unspecified atom stereocenters. The molecule has 0 aromatic carbocycles. The van der Waals surface area contributed by atoms with Crippen LogP contribution in [-0.4, -0.2) is 29.4 Å². The van der Waals surface area contributed by atoms with Gasteiger partial charge in [-0.15, -0.1) is 0 Å². The second kappa shape index (κ2) is 5.48. The molecule has 1 heterocycles. The minimum atomic E-state index is 0.0869. The first-order valence-electron chi connectivity index (χ1n) is 6.48. The van der Waals surface area contributed by atoms with Crippen molar-refractivity contribution in [2.45, 2.75) is 32.2 Å². The second-order valence-corrected chi connectivity index (χ2v) is 5.34. The highest BCUT2D eigenvalue weighted by Crippen LogP contribution is 2.43. The molecule has 0 bridgehead atoms. The van der Waals surface area contributed by atoms with Gasteiger partial charge in [-0.25, -0.2) is 0 Å². The molecule has 4 heteroatoms. The molecule has 1 aliphatic rings. The fourth-order valence-corrected chi connectivity index (χ4v) is 2.44. The number of aromatic nitrogens is 1. The van der Waals surface area contributed by atoms with Crippen LogP contribution >= 0.6 is 0 Å². The number of rotatable bonds is 5. The van der Waals surface area contributed by atoms with Crippen molar-refractivity contribution in [3.8, 4) is 0 Å². The third-order valence-corrected chi connectivity index (χ3v) is 3.97. The van der Waals surface area contributed by atoms with Gasteiger partial charge in [0.15, 0.2) is 0 Å². The van der Waals surface area contributed by atoms with Crippen molar-refractivity contribution in [2.75, 3.05) is 13.6 Å². The Bertz CT molecular complexity index is 395. The van der Waals surface area contributed by atoms with Gasteiger partial charge in [-0.1, -0.05) is 6.42 Å². The minimum Gasteiger partial charge on any atom is -0.341 e. The Morgan fingerprint density at radius 2 is 2.11 bits per heavy atom. The van der Waals surface area contributed by atoms with Gasteiger partial charge in [-0.05, 0) is 42.5 Å². The Kier molecular flexibility index (Phi) is 3.97. The van der Waals surface area contributed by atoms with E-state index in [1.54, 1.807) is 17.3 Å². The van der Waals surface area contributed by atoms with Crippen molar-refractivity contribution in [3.05, 3.63) is 30.1 Å². The van der Waals surface area contributed by atoms with Crippen molar-refractivity contribution >= 4 is 5.91 Å². The number of pyridine rings is 1. The number of amides is 1. The summed E-state index contributed by atoms with van der Waals surface area (Å²) in [4.78, 5) is 17.9. The number of hydrogen-bond acceptors (Lipinski definition) is 3. The second-order valence-electron chi connectivity index (χ2n) is 5.34. The van der Waals surface area contributed by atoms with Gasteiger partial charge >= 0.3 is 0 Å². The summed E-state index contributed by atoms with van der Waals surface area (Å²) in [6.07, 6.45) is 7.49. The van der Waals surface area contributed by atoms with Crippen LogP contribution in [0, 0.1) is 5.41 Å². The van der Waals surface area contributed by atoms with Crippen molar-refractivity contribution in [2.24, 2.45) is 11.1 Å². The fourth-order valence-electron chi connectivity index (χ4n) is 2.44. The average Bonchev–Trinajstić information content (AvgIpc) is 2.34. The van der Waals surface area contributed by atoms with Crippen LogP contribution in [0.4, 0.5) is 0 Å². The summed E-state index contributed by atoms with van der Waals surface area (Å²) in [5.41, 5.74) is 6.99. The van der Waals surface area contributed by atoms with Crippen molar-refractivity contribution in [1.29, 1.82) is 0 Å². The zero-order valence-corrected chi connectivity index (χ0v) is 10.9. The zero-order valence-electron chi connectivity index (χ0n) is 10.9. The number of nitrogens with zero attached hydrogens (tertiary/aromatic N) is 2. The van der Waals surface area contributed by atoms with E-state index in [4.69, 9.17) is 5.73 Å². The summed E-state index contributed by atoms with van der Waals surface area (Å²) in [5.74, 6) is 0.192. The largest absolute Gasteiger partial charge is 0.341 e. The molecule has 1 aromatic heterocycles. The van der Waals surface area contributed by atoms with E-state index >= 15 is 0 Å². The molecule has 0 saturated heterocycles. The van der Waals surface area contributed by atoms with Crippen molar-refractivity contribution < 1.29 is 4.79 Å². The Hall–Kier alpha value is -1.42. The normalized spacial score (nSPS) is 17.0. The lowest BCUT2D eigenvalue weighted by atomic mass is 9.66. The SMILES string of the molecule is CN(Cc1ccncc1)C(=O)CC1(CN)CCC1. The van der Waals surface area contributed by atoms with Gasteiger partial charge < -0.3 is 10.6 Å². The topological polar surface area (TPSA) is 59.2 Å². The van der Waals surface area contributed by atoms with E-state index in [1.165, 1.54) is 6.42 Å². The molecule has 2 N–H and O–H groups in total. The van der Waals surface area contributed by atoms with E-state index in [2.05, 4.69) is 4.98 Å². The predicted octanol–water partition coefficient (Wildman–Crippen LogP) is 1.56. The third kappa shape index (κ3) is 2.88. The quantitative estimate of drug-likeness (QED) is 0.859. The molecule has 2 rings (SSSR count). The van der Waals surface area contributed by atoms with E-state index in [9.17, 15) is 4.79 Å². The zero-order chi connectivity index (χ0) is 13.0. The Balaban J connectivity index is 1.89. The van der Waals surface area contributed by atoms with Crippen LogP contribution in [0.25, 0.3) is 0 Å². The molecule has 1 aromatic rings. The fraction of sp³-hybridized carbons (Fsp3) is 0.571. The van der Waals surface area contributed by atoms with Crippen LogP contribution in [0.1, 0.15) is 31.2 Å². The van der Waals surface area contributed by atoms with E-state index in [-0.39, 0.29) is 11.3 Å². The smallest absolute Gasteiger partial charge is 0.223 e. The van der Waals surface area contributed by atoms with Crippen LogP contribution in [0.5, 0.6) is 0 Å². The lowest BCUT2D eigenvalue weighted by molar-refractivity contribution is -0.134. The lowest BCUT2D eigenvalue weighted by Crippen LogP contribution is -2.42. The Morgan fingerprint density at radius 1 is 1.44 bits per heavy atom. The van der Waals surface area contributed by atoms with Gasteiger partial charge in [-0.3, -0.25) is 9.78 Å². The summed E-state index contributed by atoms with van der Waals surface area (Å²) < 4.78 is 0. The molecule has 0 atom stereocenters. The maximum atomic E-state index is 12.2. The van der Waals surface area contributed by atoms with Crippen LogP contribution in [-0.2, 0) is 11.3 Å². The van der Waals surface area contributed by atoms with E-state index < -0.39 is 0 Å². The number of hydrogen-bond donors (Lipinski definition) is 1. The Labute approximate surface area is 108 Å². The van der Waals surface area contributed by atoms with Gasteiger partial charge in [0, 0.05) is 32.4 Å². The summed E-state index contributed by atoms with van der Waals surface area (Å²) in [5, 5.41) is 0. The van der Waals surface area contributed by atoms with E-state index in [0.29, 0.717) is 19.5 Å². The molecular weight excluding hydrogens is 226 g/mol. The van der Waals surface area contributed by atoms with Crippen LogP contribution in [0.2, 0.25) is 0 Å². The highest BCUT2D eigenvalue weighted by molar-refractivity contribution is 5.76. The van der Waals surface area contributed by atoms with Crippen LogP contribution in [0.3, 0.4) is 0 Å². The number of nitrogens with two attached hydrogens (primary N) is 1. The van der Waals surface area contributed by atoms with Crippen molar-refractivity contribution in [1.82, 2.24) is 9.88 Å². The molecule has 18 heavy (non-hydrogen) atoms. The van der Waals surface area contributed by atoms with Gasteiger partial charge in [-0.2, -0.15) is 0 Å². The van der Waals surface area contributed by atoms with Crippen LogP contribution in [0.15, 0.2) is 24.5 Å². The van der Waals surface area contributed by atoms with Gasteiger partial charge in [0.2, 0.25) is 5.91 Å². The van der Waals surface area contributed by atoms with E-state index in [1.807, 2.05) is 19.2 Å². The standard InChI is InChI=1S/C14H21N3O/c1-17(10-12-3-7-16-8-4-12)13(18)9-14(11-15)5-2-6-14/h3-4,7-8H,2,5-6,9-11,15H2,1H3. The first kappa shape index (κ1) is 13.0. The molecule has 1 amide bonds. The predicted molar refractivity (Wildman–Crippen MR) is 70.7 cm³/mol. The molecule has 0 radical (unpaired) electrons. The van der Waals surface area contributed by atoms with Crippen LogP contribution < -0.4 is 5.73 Å². The van der Waals surface area contributed by atoms with Gasteiger partial charge in [0.25, 0.3) is 0 Å². The van der Waals surface area contributed by atoms with Crippen molar-refractivity contribution in [3.63, 3.8) is 0 Å². The molecule has 0 aliphatic heterocycles. The monoisotopic (exact) mass is 247 g/mol. The number of carbonyl (C=O) groups is 1. The molecular formula is C14H21N3O. The van der Waals surface area contributed by atoms with Gasteiger partial charge in [0.1, 0.15) is 0 Å². The summed E-state index contributed by atoms with van der Waals surface area (Å²) >= 11 is 0. The average molecular weight is 247 g/mol. The third-order valence-electron chi connectivity index (χ3n) is 3.97. The summed E-state index contributed by atoms with van der Waals surface area (Å²) in [7, 11) is 1.85. The molecule has 1 saturated carbocycles. The highest BCUT2D eigenvalue weighted by atomic mass is 16.2. The summed E-state index contributed by atoms with van der Waals surface area (Å²) in [6, 6.07) is 3.87. The minimum absolute atomic E-state index is 0.0869. The first-order valence-corrected chi connectivity index (χ1v) is 6.48. The first-order chi connectivity index (χ1) is 8.65. The Morgan fingerprint density at radius 3 is 2.61 bits per heavy atom. The number of carbonyl (C=O) groups excluding carboxylic acids is 1. The maximum absolute atomic E-state index is 12.2. The maximum Gasteiger partial charge on any atom is 0.223 e. The molecule has 98 valence electrons. The molecule has 4 nitrogen and oxygen atoms in total. The highest BCUT2D eigenvalue weighted by Gasteiger charge is 2.38. The van der Waals surface area contributed by atoms with Gasteiger partial charge in [0.05, 0.1) is 0 Å². The summed E-state index contributed by atoms with van der Waals surface area (Å²) in [6.45, 7) is 1.27. The lowest BCUT2D eigenvalue weighted by Gasteiger charge is -2.41.